The molecule has 1 nitrogen and oxygen atoms in total. The van der Waals surface area contributed by atoms with E-state index in [2.05, 4.69) is 4.74 Å². The number of hydrogen-bond donors (Lipinski definition) is 0. The minimum atomic E-state index is -5.17. The van der Waals surface area contributed by atoms with Gasteiger partial charge in [-0.3, -0.25) is 4.74 Å². The largest absolute Gasteiger partial charge is 0.417 e. The summed E-state index contributed by atoms with van der Waals surface area (Å²) in [4.78, 5) is 0. The van der Waals surface area contributed by atoms with Crippen molar-refractivity contribution < 1.29 is 35.5 Å². The van der Waals surface area contributed by atoms with Crippen molar-refractivity contribution in [3.8, 4) is 0 Å². The Kier molecular flexibility index (Phi) is 3.31. The second kappa shape index (κ2) is 3.46. The van der Waals surface area contributed by atoms with Gasteiger partial charge in [-0.15, -0.1) is 0 Å². The van der Waals surface area contributed by atoms with E-state index in [1.165, 1.54) is 0 Å². The van der Waals surface area contributed by atoms with Crippen molar-refractivity contribution in [1.82, 2.24) is 0 Å². The van der Waals surface area contributed by atoms with E-state index >= 15 is 0 Å². The van der Waals surface area contributed by atoms with Gasteiger partial charge in [-0.2, -0.15) is 22.0 Å². The van der Waals surface area contributed by atoms with Crippen LogP contribution >= 0.6 is 0 Å². The molecular formula is C4H2F7O. The molecule has 0 bridgehead atoms. The SMILES string of the molecule is FC(F)C(F)(F)O[CH]C(F)(F)F. The molecule has 0 atom stereocenters. The third-order valence-electron chi connectivity index (χ3n) is 0.604. The Balaban J connectivity index is 3.93. The molecule has 0 fully saturated rings. The van der Waals surface area contributed by atoms with Gasteiger partial charge < -0.3 is 0 Å². The van der Waals surface area contributed by atoms with Gasteiger partial charge in [0.2, 0.25) is 0 Å². The minimum Gasteiger partial charge on any atom is -0.300 e. The predicted octanol–water partition coefficient (Wildman–Crippen LogP) is 2.58. The van der Waals surface area contributed by atoms with Gasteiger partial charge in [0.25, 0.3) is 0 Å². The summed E-state index contributed by atoms with van der Waals surface area (Å²) < 4.78 is 81.2. The maximum atomic E-state index is 11.6. The maximum Gasteiger partial charge on any atom is 0.417 e. The molecule has 0 amide bonds. The Morgan fingerprint density at radius 1 is 1.00 bits per heavy atom. The van der Waals surface area contributed by atoms with E-state index in [1.807, 2.05) is 0 Å². The van der Waals surface area contributed by atoms with Crippen LogP contribution in [0.5, 0.6) is 0 Å². The second-order valence-corrected chi connectivity index (χ2v) is 1.64. The molecule has 0 saturated heterocycles. The molecule has 0 rings (SSSR count). The van der Waals surface area contributed by atoms with Gasteiger partial charge in [-0.1, -0.05) is 0 Å². The average Bonchev–Trinajstić information content (AvgIpc) is 1.82. The van der Waals surface area contributed by atoms with Crippen LogP contribution in [0.25, 0.3) is 0 Å². The first-order valence-corrected chi connectivity index (χ1v) is 2.40. The van der Waals surface area contributed by atoms with Gasteiger partial charge in [0.15, 0.2) is 6.61 Å². The van der Waals surface area contributed by atoms with Gasteiger partial charge in [0, 0.05) is 0 Å². The van der Waals surface area contributed by atoms with Gasteiger partial charge >= 0.3 is 18.7 Å². The van der Waals surface area contributed by atoms with E-state index in [0.29, 0.717) is 0 Å². The summed E-state index contributed by atoms with van der Waals surface area (Å²) in [5.74, 6) is 0. The van der Waals surface area contributed by atoms with E-state index in [1.54, 1.807) is 0 Å². The number of ether oxygens (including phenoxy) is 1. The molecule has 0 heterocycles. The molecule has 0 aromatic rings. The van der Waals surface area contributed by atoms with Crippen molar-refractivity contribution in [3.63, 3.8) is 0 Å². The predicted molar refractivity (Wildman–Crippen MR) is 22.4 cm³/mol. The molecular weight excluding hydrogens is 197 g/mol. The summed E-state index contributed by atoms with van der Waals surface area (Å²) in [5.41, 5.74) is 0. The Labute approximate surface area is 62.1 Å². The van der Waals surface area contributed by atoms with Crippen LogP contribution in [0.15, 0.2) is 0 Å². The van der Waals surface area contributed by atoms with Crippen LogP contribution < -0.4 is 0 Å². The van der Waals surface area contributed by atoms with Crippen molar-refractivity contribution in [2.75, 3.05) is 0 Å². The molecule has 0 unspecified atom stereocenters. The average molecular weight is 199 g/mol. The molecule has 73 valence electrons. The number of rotatable bonds is 3. The standard InChI is InChI=1S/C4H2F7O/c5-2(6)4(10,11)12-1-3(7,8)9/h1-2H. The Bertz CT molecular complexity index is 139. The Hall–Kier alpha value is -0.530. The third kappa shape index (κ3) is 4.37. The molecule has 0 aliphatic carbocycles. The fraction of sp³-hybridized carbons (Fsp3) is 0.750. The van der Waals surface area contributed by atoms with Gasteiger partial charge in [0.05, 0.1) is 0 Å². The van der Waals surface area contributed by atoms with Crippen LogP contribution in [-0.4, -0.2) is 18.7 Å². The second-order valence-electron chi connectivity index (χ2n) is 1.64. The lowest BCUT2D eigenvalue weighted by atomic mass is 10.6. The first-order chi connectivity index (χ1) is 5.15. The number of hydrogen-bond acceptors (Lipinski definition) is 1. The first kappa shape index (κ1) is 11.5. The highest BCUT2D eigenvalue weighted by atomic mass is 19.4. The summed E-state index contributed by atoms with van der Waals surface area (Å²) in [6.07, 6.45) is -14.6. The highest BCUT2D eigenvalue weighted by molar-refractivity contribution is 4.67. The zero-order chi connectivity index (χ0) is 9.99. The Morgan fingerprint density at radius 3 is 1.67 bits per heavy atom. The summed E-state index contributed by atoms with van der Waals surface area (Å²) >= 11 is 0. The first-order valence-electron chi connectivity index (χ1n) is 2.40. The van der Waals surface area contributed by atoms with Crippen LogP contribution in [0.3, 0.4) is 0 Å². The molecule has 0 spiro atoms. The minimum absolute atomic E-state index is 1.29. The van der Waals surface area contributed by atoms with Crippen LogP contribution in [-0.2, 0) is 4.74 Å². The fourth-order valence-electron chi connectivity index (χ4n) is 0.197. The molecule has 0 aromatic heterocycles. The lowest BCUT2D eigenvalue weighted by Gasteiger charge is -2.15. The van der Waals surface area contributed by atoms with E-state index in [-0.39, 0.29) is 0 Å². The van der Waals surface area contributed by atoms with Crippen LogP contribution in [0.4, 0.5) is 30.7 Å². The fourth-order valence-corrected chi connectivity index (χ4v) is 0.197. The monoisotopic (exact) mass is 199 g/mol. The van der Waals surface area contributed by atoms with Crippen LogP contribution in [0.2, 0.25) is 0 Å². The highest BCUT2D eigenvalue weighted by Crippen LogP contribution is 2.29. The quantitative estimate of drug-likeness (QED) is 0.634. The Morgan fingerprint density at radius 2 is 1.42 bits per heavy atom. The maximum absolute atomic E-state index is 11.6. The molecule has 0 aliphatic heterocycles. The number of alkyl halides is 7. The lowest BCUT2D eigenvalue weighted by molar-refractivity contribution is -0.307. The molecule has 0 N–H and O–H groups in total. The van der Waals surface area contributed by atoms with Crippen molar-refractivity contribution in [1.29, 1.82) is 0 Å². The number of halogens is 7. The van der Waals surface area contributed by atoms with Crippen LogP contribution in [0.1, 0.15) is 0 Å². The summed E-state index contributed by atoms with van der Waals surface area (Å²) in [7, 11) is 0. The molecule has 8 heteroatoms. The topological polar surface area (TPSA) is 9.23 Å². The molecule has 0 aliphatic rings. The molecule has 1 radical (unpaired) electrons. The zero-order valence-electron chi connectivity index (χ0n) is 5.21. The molecule has 0 aromatic carbocycles. The molecule has 12 heavy (non-hydrogen) atoms. The summed E-state index contributed by atoms with van der Waals surface area (Å²) in [5, 5.41) is 0. The van der Waals surface area contributed by atoms with Gasteiger partial charge in [-0.05, 0) is 0 Å². The normalized spacial score (nSPS) is 14.0. The lowest BCUT2D eigenvalue weighted by Crippen LogP contribution is -2.31. The van der Waals surface area contributed by atoms with Crippen molar-refractivity contribution >= 4 is 0 Å². The van der Waals surface area contributed by atoms with Crippen molar-refractivity contribution in [2.45, 2.75) is 18.7 Å². The zero-order valence-corrected chi connectivity index (χ0v) is 5.21. The summed E-state index contributed by atoms with van der Waals surface area (Å²) in [6, 6.07) is 0. The summed E-state index contributed by atoms with van der Waals surface area (Å²) in [6.45, 7) is -1.29. The van der Waals surface area contributed by atoms with E-state index in [9.17, 15) is 30.7 Å². The smallest absolute Gasteiger partial charge is 0.300 e. The van der Waals surface area contributed by atoms with E-state index < -0.39 is 25.3 Å². The van der Waals surface area contributed by atoms with E-state index in [0.717, 1.165) is 0 Å². The van der Waals surface area contributed by atoms with Crippen LogP contribution in [0, 0.1) is 6.61 Å². The highest BCUT2D eigenvalue weighted by Gasteiger charge is 2.46. The van der Waals surface area contributed by atoms with Gasteiger partial charge in [-0.25, -0.2) is 8.78 Å². The third-order valence-corrected chi connectivity index (χ3v) is 0.604. The van der Waals surface area contributed by atoms with E-state index in [4.69, 9.17) is 0 Å². The van der Waals surface area contributed by atoms with Crippen molar-refractivity contribution in [3.05, 3.63) is 6.61 Å². The van der Waals surface area contributed by atoms with Gasteiger partial charge in [0.1, 0.15) is 0 Å². The van der Waals surface area contributed by atoms with Crippen molar-refractivity contribution in [2.24, 2.45) is 0 Å². The molecule has 0 saturated carbocycles.